The van der Waals surface area contributed by atoms with Crippen LogP contribution in [0.2, 0.25) is 0 Å². The van der Waals surface area contributed by atoms with Crippen molar-refractivity contribution in [2.75, 3.05) is 19.8 Å². The van der Waals surface area contributed by atoms with Crippen LogP contribution in [-0.2, 0) is 13.0 Å². The van der Waals surface area contributed by atoms with E-state index < -0.39 is 0 Å². The molecule has 0 aliphatic carbocycles. The first-order valence-electron chi connectivity index (χ1n) is 11.7. The normalized spacial score (nSPS) is 11.6. The lowest BCUT2D eigenvalue weighted by atomic mass is 10.0. The fraction of sp³-hybridized carbons (Fsp3) is 0.250. The standard InChI is InChI=1S/C28H28F2N4/c1-19-5-2-3-6-22(19)28-27(30)26-23-17-32-33-24(23)11-12-25(26)34(28)18-21-9-7-20(8-10-21)13-16-31-15-4-14-29/h2-3,5-12,17,31H,4,13-16,18H2,1H3,(H,32,33). The maximum absolute atomic E-state index is 16.1. The summed E-state index contributed by atoms with van der Waals surface area (Å²) in [6.07, 6.45) is 3.14. The van der Waals surface area contributed by atoms with Gasteiger partial charge in [-0.25, -0.2) is 4.39 Å². The third-order valence-corrected chi connectivity index (χ3v) is 6.43. The van der Waals surface area contributed by atoms with Crippen molar-refractivity contribution in [3.05, 3.63) is 89.4 Å². The van der Waals surface area contributed by atoms with Gasteiger partial charge in [-0.05, 0) is 61.7 Å². The summed E-state index contributed by atoms with van der Waals surface area (Å²) in [4.78, 5) is 0. The van der Waals surface area contributed by atoms with Crippen LogP contribution in [0.4, 0.5) is 8.78 Å². The summed E-state index contributed by atoms with van der Waals surface area (Å²) >= 11 is 0. The third kappa shape index (κ3) is 4.21. The van der Waals surface area contributed by atoms with Gasteiger partial charge in [0.15, 0.2) is 5.82 Å². The average molecular weight is 459 g/mol. The number of aromatic amines is 1. The summed E-state index contributed by atoms with van der Waals surface area (Å²) in [5, 5.41) is 11.7. The predicted octanol–water partition coefficient (Wildman–Crippen LogP) is 6.17. The van der Waals surface area contributed by atoms with Crippen LogP contribution in [0.15, 0.2) is 66.9 Å². The Morgan fingerprint density at radius 2 is 1.76 bits per heavy atom. The second-order valence-corrected chi connectivity index (χ2v) is 8.71. The number of rotatable bonds is 9. The van der Waals surface area contributed by atoms with E-state index in [9.17, 15) is 4.39 Å². The van der Waals surface area contributed by atoms with Gasteiger partial charge in [0.05, 0.1) is 29.6 Å². The van der Waals surface area contributed by atoms with E-state index in [-0.39, 0.29) is 12.5 Å². The number of alkyl halides is 1. The second-order valence-electron chi connectivity index (χ2n) is 8.71. The van der Waals surface area contributed by atoms with Gasteiger partial charge in [0.1, 0.15) is 0 Å². The highest BCUT2D eigenvalue weighted by atomic mass is 19.1. The minimum absolute atomic E-state index is 0.215. The van der Waals surface area contributed by atoms with E-state index in [4.69, 9.17) is 0 Å². The Morgan fingerprint density at radius 3 is 2.56 bits per heavy atom. The fourth-order valence-corrected chi connectivity index (χ4v) is 4.63. The molecule has 2 heterocycles. The molecule has 174 valence electrons. The first-order valence-corrected chi connectivity index (χ1v) is 11.7. The van der Waals surface area contributed by atoms with Crippen LogP contribution in [0.5, 0.6) is 0 Å². The topological polar surface area (TPSA) is 45.6 Å². The monoisotopic (exact) mass is 458 g/mol. The van der Waals surface area contributed by atoms with E-state index in [2.05, 4.69) is 44.3 Å². The van der Waals surface area contributed by atoms with Crippen molar-refractivity contribution in [1.29, 1.82) is 0 Å². The second kappa shape index (κ2) is 9.77. The number of nitrogens with one attached hydrogen (secondary N) is 2. The highest BCUT2D eigenvalue weighted by Gasteiger charge is 2.22. The quantitative estimate of drug-likeness (QED) is 0.259. The van der Waals surface area contributed by atoms with Crippen LogP contribution in [0.25, 0.3) is 33.1 Å². The number of benzene rings is 3. The molecule has 0 aliphatic heterocycles. The fourth-order valence-electron chi connectivity index (χ4n) is 4.63. The highest BCUT2D eigenvalue weighted by molar-refractivity contribution is 6.07. The number of fused-ring (bicyclic) bond motifs is 3. The van der Waals surface area contributed by atoms with Crippen molar-refractivity contribution in [2.45, 2.75) is 26.3 Å². The highest BCUT2D eigenvalue weighted by Crippen LogP contribution is 2.37. The first kappa shape index (κ1) is 22.3. The molecule has 2 aromatic heterocycles. The maximum Gasteiger partial charge on any atom is 0.157 e. The number of aryl methyl sites for hydroxylation is 1. The molecule has 0 unspecified atom stereocenters. The number of H-pyrrole nitrogens is 1. The van der Waals surface area contributed by atoms with Crippen LogP contribution in [0.1, 0.15) is 23.1 Å². The molecule has 6 heteroatoms. The van der Waals surface area contributed by atoms with Crippen molar-refractivity contribution < 1.29 is 8.78 Å². The Labute approximate surface area is 197 Å². The van der Waals surface area contributed by atoms with Gasteiger partial charge in [0.25, 0.3) is 0 Å². The largest absolute Gasteiger partial charge is 0.333 e. The number of aromatic nitrogens is 3. The molecule has 0 spiro atoms. The molecule has 2 N–H and O–H groups in total. The van der Waals surface area contributed by atoms with E-state index in [0.717, 1.165) is 46.1 Å². The van der Waals surface area contributed by atoms with Crippen LogP contribution < -0.4 is 5.32 Å². The van der Waals surface area contributed by atoms with Crippen molar-refractivity contribution in [3.63, 3.8) is 0 Å². The first-order chi connectivity index (χ1) is 16.7. The molecule has 0 bridgehead atoms. The van der Waals surface area contributed by atoms with Gasteiger partial charge in [0, 0.05) is 22.9 Å². The van der Waals surface area contributed by atoms with Gasteiger partial charge >= 0.3 is 0 Å². The van der Waals surface area contributed by atoms with E-state index in [0.29, 0.717) is 30.6 Å². The number of hydrogen-bond donors (Lipinski definition) is 2. The van der Waals surface area contributed by atoms with Gasteiger partial charge in [-0.15, -0.1) is 0 Å². The minimum atomic E-state index is -0.285. The molecule has 0 aliphatic rings. The van der Waals surface area contributed by atoms with E-state index >= 15 is 4.39 Å². The maximum atomic E-state index is 16.1. The molecule has 34 heavy (non-hydrogen) atoms. The van der Waals surface area contributed by atoms with Gasteiger partial charge in [-0.1, -0.05) is 48.5 Å². The molecule has 4 nitrogen and oxygen atoms in total. The molecule has 0 saturated heterocycles. The number of halogens is 2. The van der Waals surface area contributed by atoms with Gasteiger partial charge in [0.2, 0.25) is 0 Å². The van der Waals surface area contributed by atoms with Gasteiger partial charge in [-0.2, -0.15) is 5.10 Å². The molecule has 0 fully saturated rings. The Hall–Kier alpha value is -3.51. The van der Waals surface area contributed by atoms with E-state index in [1.165, 1.54) is 5.56 Å². The molecule has 0 amide bonds. The Bertz CT molecular complexity index is 1420. The predicted molar refractivity (Wildman–Crippen MR) is 134 cm³/mol. The van der Waals surface area contributed by atoms with E-state index in [1.54, 1.807) is 6.20 Å². The zero-order chi connectivity index (χ0) is 23.5. The molecule has 0 saturated carbocycles. The zero-order valence-corrected chi connectivity index (χ0v) is 19.2. The molecule has 5 rings (SSSR count). The average Bonchev–Trinajstić information content (AvgIpc) is 3.43. The van der Waals surface area contributed by atoms with Crippen molar-refractivity contribution >= 4 is 21.8 Å². The lowest BCUT2D eigenvalue weighted by molar-refractivity contribution is 0.460. The zero-order valence-electron chi connectivity index (χ0n) is 19.2. The van der Waals surface area contributed by atoms with Crippen LogP contribution in [-0.4, -0.2) is 34.5 Å². The SMILES string of the molecule is Cc1ccccc1-c1c(F)c2c3cn[nH]c3ccc2n1Cc1ccc(CCNCCCF)cc1. The summed E-state index contributed by atoms with van der Waals surface area (Å²) in [6, 6.07) is 20.3. The third-order valence-electron chi connectivity index (χ3n) is 6.43. The Balaban J connectivity index is 1.51. The Morgan fingerprint density at radius 1 is 0.971 bits per heavy atom. The molecule has 3 aromatic carbocycles. The minimum Gasteiger partial charge on any atom is -0.333 e. The van der Waals surface area contributed by atoms with Crippen LogP contribution in [0, 0.1) is 12.7 Å². The van der Waals surface area contributed by atoms with E-state index in [1.807, 2.05) is 43.3 Å². The molecular weight excluding hydrogens is 430 g/mol. The summed E-state index contributed by atoms with van der Waals surface area (Å²) in [6.45, 7) is 3.81. The molecule has 0 atom stereocenters. The molecule has 5 aromatic rings. The summed E-state index contributed by atoms with van der Waals surface area (Å²) in [5.41, 5.74) is 6.53. The Kier molecular flexibility index (Phi) is 6.41. The van der Waals surface area contributed by atoms with Gasteiger partial charge in [-0.3, -0.25) is 9.49 Å². The number of hydrogen-bond acceptors (Lipinski definition) is 2. The lowest BCUT2D eigenvalue weighted by Crippen LogP contribution is -2.18. The van der Waals surface area contributed by atoms with Gasteiger partial charge < -0.3 is 9.88 Å². The van der Waals surface area contributed by atoms with Crippen LogP contribution >= 0.6 is 0 Å². The number of nitrogens with zero attached hydrogens (tertiary/aromatic N) is 2. The summed E-state index contributed by atoms with van der Waals surface area (Å²) in [7, 11) is 0. The van der Waals surface area contributed by atoms with Crippen molar-refractivity contribution in [2.24, 2.45) is 0 Å². The smallest absolute Gasteiger partial charge is 0.157 e. The summed E-state index contributed by atoms with van der Waals surface area (Å²) in [5.74, 6) is -0.215. The molecule has 0 radical (unpaired) electrons. The van der Waals surface area contributed by atoms with Crippen LogP contribution in [0.3, 0.4) is 0 Å². The van der Waals surface area contributed by atoms with Crippen molar-refractivity contribution in [3.8, 4) is 11.3 Å². The van der Waals surface area contributed by atoms with Crippen molar-refractivity contribution in [1.82, 2.24) is 20.1 Å². The molecular formula is C28H28F2N4. The lowest BCUT2D eigenvalue weighted by Gasteiger charge is -2.13. The summed E-state index contributed by atoms with van der Waals surface area (Å²) < 4.78 is 30.4.